The number of carboxylic acid groups (broad SMARTS) is 1. The van der Waals surface area contributed by atoms with Gasteiger partial charge < -0.3 is 14.6 Å². The number of aromatic nitrogens is 3. The fourth-order valence-corrected chi connectivity index (χ4v) is 2.76. The highest BCUT2D eigenvalue weighted by atomic mass is 79.9. The van der Waals surface area contributed by atoms with Crippen LogP contribution in [0.1, 0.15) is 18.3 Å². The average Bonchev–Trinajstić information content (AvgIpc) is 2.94. The molecule has 0 aliphatic carbocycles. The molecule has 0 atom stereocenters. The maximum atomic E-state index is 11.4. The molecule has 8 heteroatoms. The number of carbonyl (C=O) groups excluding carboxylic acids is 1. The molecule has 1 aromatic carbocycles. The van der Waals surface area contributed by atoms with Gasteiger partial charge in [0.2, 0.25) is 5.16 Å². The molecular weight excluding hydrogens is 370 g/mol. The number of hydrogen-bond acceptors (Lipinski definition) is 6. The molecule has 0 bridgehead atoms. The van der Waals surface area contributed by atoms with E-state index in [-0.39, 0.29) is 4.91 Å². The van der Waals surface area contributed by atoms with Gasteiger partial charge in [-0.1, -0.05) is 22.9 Å². The summed E-state index contributed by atoms with van der Waals surface area (Å²) in [5.74, 6) is -0.0399. The molecule has 0 radical (unpaired) electrons. The van der Waals surface area contributed by atoms with E-state index in [1.54, 1.807) is 12.1 Å². The number of rotatable bonds is 6. The van der Waals surface area contributed by atoms with Gasteiger partial charge in [-0.05, 0) is 36.0 Å². The molecule has 6 nitrogen and oxygen atoms in total. The van der Waals surface area contributed by atoms with Gasteiger partial charge in [0.05, 0.1) is 13.1 Å². The van der Waals surface area contributed by atoms with Gasteiger partial charge >= 0.3 is 0 Å². The van der Waals surface area contributed by atoms with E-state index in [2.05, 4.69) is 31.1 Å². The van der Waals surface area contributed by atoms with Crippen LogP contribution in [0.2, 0.25) is 0 Å². The molecule has 0 amide bonds. The second kappa shape index (κ2) is 7.46. The molecule has 0 aliphatic rings. The highest BCUT2D eigenvalue weighted by Crippen LogP contribution is 2.30. The van der Waals surface area contributed by atoms with Gasteiger partial charge in [-0.2, -0.15) is 0 Å². The number of carboxylic acids is 1. The van der Waals surface area contributed by atoms with Crippen molar-refractivity contribution in [2.45, 2.75) is 18.5 Å². The van der Waals surface area contributed by atoms with E-state index in [1.165, 1.54) is 13.2 Å². The van der Waals surface area contributed by atoms with E-state index in [1.807, 2.05) is 13.0 Å². The molecule has 1 aromatic heterocycles. The summed E-state index contributed by atoms with van der Waals surface area (Å²) >= 11 is 4.28. The zero-order chi connectivity index (χ0) is 16.1. The van der Waals surface area contributed by atoms with Crippen molar-refractivity contribution in [1.29, 1.82) is 0 Å². The number of halogens is 1. The Kier molecular flexibility index (Phi) is 5.62. The predicted octanol–water partition coefficient (Wildman–Crippen LogP) is 2.02. The number of benzene rings is 1. The monoisotopic (exact) mass is 382 g/mol. The lowest BCUT2D eigenvalue weighted by Gasteiger charge is -2.09. The van der Waals surface area contributed by atoms with Crippen LogP contribution in [0.4, 0.5) is 0 Å². The quantitative estimate of drug-likeness (QED) is 0.606. The van der Waals surface area contributed by atoms with Crippen LogP contribution in [0.25, 0.3) is 6.08 Å². The van der Waals surface area contributed by atoms with Crippen molar-refractivity contribution in [3.63, 3.8) is 0 Å². The van der Waals surface area contributed by atoms with Crippen molar-refractivity contribution < 1.29 is 14.6 Å². The Hall–Kier alpha value is -1.80. The molecule has 2 rings (SSSR count). The van der Waals surface area contributed by atoms with Crippen molar-refractivity contribution in [1.82, 2.24) is 15.2 Å². The van der Waals surface area contributed by atoms with Gasteiger partial charge in [-0.3, -0.25) is 5.10 Å². The Balaban J connectivity index is 2.35. The van der Waals surface area contributed by atoms with Crippen LogP contribution in [-0.2, 0) is 11.2 Å². The third-order valence-electron chi connectivity index (χ3n) is 2.73. The highest BCUT2D eigenvalue weighted by Gasteiger charge is 2.10. The van der Waals surface area contributed by atoms with E-state index in [0.29, 0.717) is 28.7 Å². The second-order valence-corrected chi connectivity index (χ2v) is 6.13. The molecule has 1 heterocycles. The first-order chi connectivity index (χ1) is 10.5. The van der Waals surface area contributed by atoms with Crippen LogP contribution in [0.5, 0.6) is 5.75 Å². The number of ether oxygens (including phenoxy) is 1. The van der Waals surface area contributed by atoms with Crippen molar-refractivity contribution in [3.8, 4) is 5.75 Å². The smallest absolute Gasteiger partial charge is 0.213 e. The summed E-state index contributed by atoms with van der Waals surface area (Å²) in [6.07, 6.45) is 2.17. The zero-order valence-electron chi connectivity index (χ0n) is 11.9. The minimum Gasteiger partial charge on any atom is -0.544 e. The minimum atomic E-state index is -1.30. The average molecular weight is 383 g/mol. The number of aryl methyl sites for hydroxylation is 1. The fraction of sp³-hybridized carbons (Fsp3) is 0.214. The van der Waals surface area contributed by atoms with Crippen LogP contribution in [0.3, 0.4) is 0 Å². The summed E-state index contributed by atoms with van der Waals surface area (Å²) < 4.78 is 6.04. The lowest BCUT2D eigenvalue weighted by molar-refractivity contribution is -0.297. The van der Waals surface area contributed by atoms with Crippen LogP contribution in [0, 0.1) is 0 Å². The minimum absolute atomic E-state index is 0.00180. The lowest BCUT2D eigenvalue weighted by atomic mass is 10.2. The van der Waals surface area contributed by atoms with Crippen LogP contribution < -0.4 is 9.84 Å². The highest BCUT2D eigenvalue weighted by molar-refractivity contribution is 9.10. The van der Waals surface area contributed by atoms with E-state index in [9.17, 15) is 9.90 Å². The van der Waals surface area contributed by atoms with Gasteiger partial charge in [0.1, 0.15) is 11.6 Å². The Morgan fingerprint density at radius 3 is 2.91 bits per heavy atom. The lowest BCUT2D eigenvalue weighted by Crippen LogP contribution is -2.23. The molecule has 0 aliphatic heterocycles. The SMILES string of the molecule is CCc1nc(S/C(=C\c2cc(Br)ccc2OC)C(=O)[O-])n[nH]1. The van der Waals surface area contributed by atoms with Gasteiger partial charge in [0.15, 0.2) is 0 Å². The number of aromatic amines is 1. The third-order valence-corrected chi connectivity index (χ3v) is 4.09. The van der Waals surface area contributed by atoms with Crippen molar-refractivity contribution in [2.24, 2.45) is 0 Å². The Bertz CT molecular complexity index is 715. The Morgan fingerprint density at radius 1 is 1.55 bits per heavy atom. The molecule has 0 saturated carbocycles. The summed E-state index contributed by atoms with van der Waals surface area (Å²) in [6.45, 7) is 1.93. The van der Waals surface area contributed by atoms with E-state index >= 15 is 0 Å². The summed E-state index contributed by atoms with van der Waals surface area (Å²) in [5, 5.41) is 18.4. The molecule has 22 heavy (non-hydrogen) atoms. The molecular formula is C14H13BrN3O3S-. The van der Waals surface area contributed by atoms with E-state index < -0.39 is 5.97 Å². The second-order valence-electron chi connectivity index (χ2n) is 4.20. The maximum Gasteiger partial charge on any atom is 0.213 e. The molecule has 0 spiro atoms. The molecule has 2 aromatic rings. The molecule has 0 saturated heterocycles. The van der Waals surface area contributed by atoms with Gasteiger partial charge in [-0.15, -0.1) is 5.10 Å². The summed E-state index contributed by atoms with van der Waals surface area (Å²) in [5.41, 5.74) is 0.620. The molecule has 116 valence electrons. The Labute approximate surface area is 140 Å². The maximum absolute atomic E-state index is 11.4. The van der Waals surface area contributed by atoms with E-state index in [0.717, 1.165) is 16.2 Å². The number of thioether (sulfide) groups is 1. The fourth-order valence-electron chi connectivity index (χ4n) is 1.67. The Morgan fingerprint density at radius 2 is 2.32 bits per heavy atom. The summed E-state index contributed by atoms with van der Waals surface area (Å²) in [7, 11) is 1.52. The molecule has 1 N–H and O–H groups in total. The van der Waals surface area contributed by atoms with Crippen LogP contribution in [-0.4, -0.2) is 28.3 Å². The van der Waals surface area contributed by atoms with Crippen molar-refractivity contribution in [2.75, 3.05) is 7.11 Å². The number of nitrogens with one attached hydrogen (secondary N) is 1. The first-order valence-corrected chi connectivity index (χ1v) is 8.00. The van der Waals surface area contributed by atoms with E-state index in [4.69, 9.17) is 4.74 Å². The number of carbonyl (C=O) groups is 1. The first kappa shape index (κ1) is 16.6. The zero-order valence-corrected chi connectivity index (χ0v) is 14.3. The van der Waals surface area contributed by atoms with Crippen molar-refractivity contribution >= 4 is 39.7 Å². The topological polar surface area (TPSA) is 90.9 Å². The first-order valence-electron chi connectivity index (χ1n) is 6.39. The normalized spacial score (nSPS) is 11.5. The molecule has 0 fully saturated rings. The van der Waals surface area contributed by atoms with Gasteiger partial charge in [0.25, 0.3) is 0 Å². The predicted molar refractivity (Wildman–Crippen MR) is 85.3 cm³/mol. The number of nitrogens with zero attached hydrogens (tertiary/aromatic N) is 2. The number of hydrogen-bond donors (Lipinski definition) is 1. The molecule has 0 unspecified atom stereocenters. The summed E-state index contributed by atoms with van der Waals surface area (Å²) in [6, 6.07) is 5.32. The number of aliphatic carboxylic acids is 1. The number of methoxy groups -OCH3 is 1. The van der Waals surface area contributed by atoms with Gasteiger partial charge in [-0.25, -0.2) is 4.98 Å². The summed E-state index contributed by atoms with van der Waals surface area (Å²) in [4.78, 5) is 15.5. The van der Waals surface area contributed by atoms with Gasteiger partial charge in [0, 0.05) is 21.4 Å². The van der Waals surface area contributed by atoms with Crippen LogP contribution >= 0.6 is 27.7 Å². The third kappa shape index (κ3) is 4.11. The standard InChI is InChI=1S/C14H14BrN3O3S/c1-3-12-16-14(18-17-12)22-11(13(19)20)7-8-6-9(15)4-5-10(8)21-2/h4-7H,3H2,1-2H3,(H,19,20)(H,16,17,18)/p-1/b11-7-. The van der Waals surface area contributed by atoms with Crippen LogP contribution in [0.15, 0.2) is 32.7 Å². The number of H-pyrrole nitrogens is 1. The van der Waals surface area contributed by atoms with Crippen molar-refractivity contribution in [3.05, 3.63) is 39.0 Å². The largest absolute Gasteiger partial charge is 0.544 e.